The summed E-state index contributed by atoms with van der Waals surface area (Å²) >= 11 is 0. The molecular weight excluding hydrogens is 561 g/mol. The van der Waals surface area contributed by atoms with E-state index >= 15 is 0 Å². The fourth-order valence-electron chi connectivity index (χ4n) is 3.77. The maximum atomic E-state index is 13.2. The summed E-state index contributed by atoms with van der Waals surface area (Å²) in [5.41, 5.74) is 1.08. The van der Waals surface area contributed by atoms with Crippen molar-refractivity contribution in [1.82, 2.24) is 15.0 Å². The van der Waals surface area contributed by atoms with E-state index in [1.165, 1.54) is 24.3 Å². The number of aromatic nitrogens is 2. The third kappa shape index (κ3) is 17.7. The van der Waals surface area contributed by atoms with Gasteiger partial charge in [0.05, 0.1) is 6.20 Å². The highest BCUT2D eigenvalue weighted by atomic mass is 19.1. The molecule has 0 saturated carbocycles. The Morgan fingerprint density at radius 1 is 1.16 bits per heavy atom. The Hall–Kier alpha value is -4.18. The minimum absolute atomic E-state index is 0.0625. The maximum Gasteiger partial charge on any atom is 0.225 e. The zero-order valence-electron chi connectivity index (χ0n) is 27.0. The molecule has 0 aromatic carbocycles. The van der Waals surface area contributed by atoms with E-state index in [1.54, 1.807) is 0 Å². The molecule has 1 unspecified atom stereocenters. The van der Waals surface area contributed by atoms with Gasteiger partial charge in [0, 0.05) is 53.1 Å². The highest BCUT2D eigenvalue weighted by Gasteiger charge is 2.13. The molecule has 242 valence electrons. The molecule has 1 rings (SSSR count). The van der Waals surface area contributed by atoms with E-state index < -0.39 is 5.83 Å². The van der Waals surface area contributed by atoms with Crippen LogP contribution in [0, 0.1) is 5.92 Å². The topological polar surface area (TPSA) is 97.7 Å². The van der Waals surface area contributed by atoms with E-state index in [-0.39, 0.29) is 24.2 Å². The Balaban J connectivity index is 2.42. The van der Waals surface area contributed by atoms with Gasteiger partial charge >= 0.3 is 0 Å². The predicted octanol–water partition coefficient (Wildman–Crippen LogP) is 6.10. The van der Waals surface area contributed by atoms with Gasteiger partial charge in [0.1, 0.15) is 24.0 Å². The predicted molar refractivity (Wildman–Crippen MR) is 177 cm³/mol. The number of hydrogen-bond donors (Lipinski definition) is 2. The number of rotatable bonds is 22. The van der Waals surface area contributed by atoms with Gasteiger partial charge in [-0.25, -0.2) is 14.1 Å². The number of hydrogen-bond acceptors (Lipinski definition) is 6. The molecule has 10 heteroatoms. The van der Waals surface area contributed by atoms with Gasteiger partial charge in [0.25, 0.3) is 0 Å². The number of ether oxygens (including phenoxy) is 2. The second kappa shape index (κ2) is 22.4. The van der Waals surface area contributed by atoms with Crippen LogP contribution in [0.1, 0.15) is 52.3 Å². The van der Waals surface area contributed by atoms with Crippen LogP contribution in [0.15, 0.2) is 91.2 Å². The first-order valence-corrected chi connectivity index (χ1v) is 14.9. The number of halogens is 1. The third-order valence-corrected chi connectivity index (χ3v) is 6.13. The molecular formula is C34H50FN5O4. The van der Waals surface area contributed by atoms with Gasteiger partial charge in [-0.05, 0) is 50.8 Å². The average molecular weight is 612 g/mol. The first-order valence-electron chi connectivity index (χ1n) is 14.9. The minimum atomic E-state index is -0.447. The van der Waals surface area contributed by atoms with E-state index in [1.807, 2.05) is 81.1 Å². The zero-order chi connectivity index (χ0) is 32.7. The summed E-state index contributed by atoms with van der Waals surface area (Å²) in [6, 6.07) is 0. The molecule has 9 nitrogen and oxygen atoms in total. The smallest absolute Gasteiger partial charge is 0.225 e. The number of allylic oxidation sites excluding steroid dienone is 8. The Kier molecular flexibility index (Phi) is 19.2. The maximum absolute atomic E-state index is 13.2. The normalized spacial score (nSPS) is 13.0. The van der Waals surface area contributed by atoms with E-state index in [0.717, 1.165) is 17.8 Å². The fraction of sp³-hybridized carbons (Fsp3) is 0.441. The number of nitrogens with one attached hydrogen (secondary N) is 2. The van der Waals surface area contributed by atoms with Crippen molar-refractivity contribution in [1.29, 1.82) is 0 Å². The van der Waals surface area contributed by atoms with E-state index in [0.29, 0.717) is 57.2 Å². The Bertz CT molecular complexity index is 1210. The summed E-state index contributed by atoms with van der Waals surface area (Å²) in [7, 11) is 3.82. The zero-order valence-corrected chi connectivity index (χ0v) is 27.0. The molecule has 1 aromatic rings. The highest BCUT2D eigenvalue weighted by Crippen LogP contribution is 2.13. The van der Waals surface area contributed by atoms with E-state index in [9.17, 15) is 14.0 Å². The summed E-state index contributed by atoms with van der Waals surface area (Å²) in [6.45, 7) is 15.4. The number of anilines is 1. The first kappa shape index (κ1) is 37.8. The second-order valence-corrected chi connectivity index (χ2v) is 10.4. The standard InChI is InChI=1S/C34H50FN5O4/c1-8-14-30(35)17-13-19-33(41)36-22-20-27(3)15-12-16-29(5)44-23-11-10-18-32-37-31(26-40(32)39(6)7)38-34(42)25-28(4)21-24-43-9-2/h8,10-14,16-17,20,26,28H,1,5,9,15,18-19,21-25H2,2-4,6-7H3,(H,36,41)(H,38,42)/b11-10-,16-12-,17-13?,27-20-,30-14+. The molecule has 0 radical (unpaired) electrons. The lowest BCUT2D eigenvalue weighted by atomic mass is 10.0. The molecule has 0 aliphatic carbocycles. The molecule has 2 N–H and O–H groups in total. The SMILES string of the molecule is C=C/C=C(/F)C=CCC(=O)NC/C=C(/C)C/C=C\C(=C)OC/C=C\Cc1nc(NC(=O)CC(C)CCOCC)cn1N(C)C. The number of carbonyl (C=O) groups excluding carboxylic acids is 2. The van der Waals surface area contributed by atoms with Crippen LogP contribution in [0.5, 0.6) is 0 Å². The van der Waals surface area contributed by atoms with Crippen molar-refractivity contribution in [3.05, 3.63) is 97.0 Å². The van der Waals surface area contributed by atoms with Crippen molar-refractivity contribution in [3.63, 3.8) is 0 Å². The average Bonchev–Trinajstić information content (AvgIpc) is 3.35. The summed E-state index contributed by atoms with van der Waals surface area (Å²) < 4.78 is 26.1. The van der Waals surface area contributed by atoms with Gasteiger partial charge in [-0.15, -0.1) is 0 Å². The van der Waals surface area contributed by atoms with Gasteiger partial charge in [-0.1, -0.05) is 62.1 Å². The van der Waals surface area contributed by atoms with Crippen molar-refractivity contribution in [2.24, 2.45) is 5.92 Å². The van der Waals surface area contributed by atoms with Crippen LogP contribution in [0.4, 0.5) is 10.2 Å². The molecule has 0 fully saturated rings. The van der Waals surface area contributed by atoms with Crippen LogP contribution in [0.25, 0.3) is 0 Å². The molecule has 0 aliphatic rings. The van der Waals surface area contributed by atoms with Gasteiger partial charge in [0.15, 0.2) is 5.82 Å². The van der Waals surface area contributed by atoms with Crippen LogP contribution in [-0.2, 0) is 25.5 Å². The number of carbonyl (C=O) groups is 2. The molecule has 1 heterocycles. The Morgan fingerprint density at radius 3 is 2.61 bits per heavy atom. The number of amides is 2. The quantitative estimate of drug-likeness (QED) is 0.0712. The molecule has 2 amide bonds. The minimum Gasteiger partial charge on any atom is -0.490 e. The first-order chi connectivity index (χ1) is 21.0. The van der Waals surface area contributed by atoms with Crippen LogP contribution in [-0.4, -0.2) is 61.9 Å². The Labute approximate surface area is 262 Å². The molecule has 0 bridgehead atoms. The van der Waals surface area contributed by atoms with Crippen molar-refractivity contribution in [2.45, 2.75) is 52.9 Å². The molecule has 44 heavy (non-hydrogen) atoms. The van der Waals surface area contributed by atoms with Crippen molar-refractivity contribution in [2.75, 3.05) is 50.8 Å². The molecule has 0 spiro atoms. The van der Waals surface area contributed by atoms with Crippen LogP contribution >= 0.6 is 0 Å². The van der Waals surface area contributed by atoms with Crippen molar-refractivity contribution in [3.8, 4) is 0 Å². The highest BCUT2D eigenvalue weighted by molar-refractivity contribution is 5.89. The fourth-order valence-corrected chi connectivity index (χ4v) is 3.77. The summed E-state index contributed by atoms with van der Waals surface area (Å²) in [6.07, 6.45) is 19.2. The molecule has 0 saturated heterocycles. The molecule has 0 aliphatic heterocycles. The summed E-state index contributed by atoms with van der Waals surface area (Å²) in [4.78, 5) is 28.9. The van der Waals surface area contributed by atoms with E-state index in [4.69, 9.17) is 9.47 Å². The van der Waals surface area contributed by atoms with Gasteiger partial charge < -0.3 is 25.1 Å². The molecule has 1 aromatic heterocycles. The lowest BCUT2D eigenvalue weighted by molar-refractivity contribution is -0.120. The monoisotopic (exact) mass is 611 g/mol. The van der Waals surface area contributed by atoms with Crippen molar-refractivity contribution >= 4 is 17.6 Å². The van der Waals surface area contributed by atoms with Crippen LogP contribution < -0.4 is 15.6 Å². The number of imidazole rings is 1. The summed E-state index contributed by atoms with van der Waals surface area (Å²) in [5.74, 6) is 1.37. The lowest BCUT2D eigenvalue weighted by Gasteiger charge is -2.15. The van der Waals surface area contributed by atoms with Crippen LogP contribution in [0.2, 0.25) is 0 Å². The third-order valence-electron chi connectivity index (χ3n) is 6.13. The van der Waals surface area contributed by atoms with Crippen molar-refractivity contribution < 1.29 is 23.5 Å². The van der Waals surface area contributed by atoms with Gasteiger partial charge in [0.2, 0.25) is 11.8 Å². The summed E-state index contributed by atoms with van der Waals surface area (Å²) in [5, 5.41) is 7.57. The largest absolute Gasteiger partial charge is 0.490 e. The van der Waals surface area contributed by atoms with Gasteiger partial charge in [-0.2, -0.15) is 0 Å². The Morgan fingerprint density at radius 2 is 1.91 bits per heavy atom. The second-order valence-electron chi connectivity index (χ2n) is 10.4. The van der Waals surface area contributed by atoms with E-state index in [2.05, 4.69) is 28.8 Å². The van der Waals surface area contributed by atoms with Gasteiger partial charge in [-0.3, -0.25) is 9.59 Å². The van der Waals surface area contributed by atoms with Crippen LogP contribution in [0.3, 0.4) is 0 Å². The molecule has 1 atom stereocenters. The lowest BCUT2D eigenvalue weighted by Crippen LogP contribution is -2.26. The number of nitrogens with zero attached hydrogens (tertiary/aromatic N) is 3.